The van der Waals surface area contributed by atoms with Gasteiger partial charge in [0.25, 0.3) is 11.5 Å². The lowest BCUT2D eigenvalue weighted by atomic mass is 9.80. The first-order valence-electron chi connectivity index (χ1n) is 13.7. The number of carbonyl (C=O) groups is 2. The minimum absolute atomic E-state index is 0.00656. The van der Waals surface area contributed by atoms with Crippen molar-refractivity contribution in [2.75, 3.05) is 6.54 Å². The summed E-state index contributed by atoms with van der Waals surface area (Å²) >= 11 is 0. The first-order chi connectivity index (χ1) is 17.3. The number of unbranched alkanes of at least 4 members (excludes halogenated alkanes) is 10. The Kier molecular flexibility index (Phi) is 9.90. The summed E-state index contributed by atoms with van der Waals surface area (Å²) in [6.45, 7) is 8.79. The Hall–Kier alpha value is -2.90. The Morgan fingerprint density at radius 2 is 1.31 bits per heavy atom. The topological polar surface area (TPSA) is 108 Å². The third-order valence-corrected chi connectivity index (χ3v) is 7.10. The highest BCUT2D eigenvalue weighted by atomic mass is 16.3. The van der Waals surface area contributed by atoms with E-state index >= 15 is 0 Å². The summed E-state index contributed by atoms with van der Waals surface area (Å²) in [5, 5.41) is 19.6. The summed E-state index contributed by atoms with van der Waals surface area (Å²) in [6.07, 6.45) is 13.3. The van der Waals surface area contributed by atoms with Crippen LogP contribution in [-0.4, -0.2) is 43.8 Å². The van der Waals surface area contributed by atoms with Gasteiger partial charge in [-0.05, 0) is 26.7 Å². The fraction of sp³-hybridized carbons (Fsp3) is 0.643. The van der Waals surface area contributed by atoms with Crippen molar-refractivity contribution in [3.05, 3.63) is 38.5 Å². The summed E-state index contributed by atoms with van der Waals surface area (Å²) < 4.78 is 1.51. The predicted octanol–water partition coefficient (Wildman–Crippen LogP) is 5.57. The highest BCUT2D eigenvalue weighted by Gasteiger charge is 2.44. The van der Waals surface area contributed by atoms with Crippen molar-refractivity contribution in [3.63, 3.8) is 0 Å². The molecule has 198 valence electrons. The molecule has 1 aromatic rings. The number of nitrogens with zero attached hydrogens (tertiary/aromatic N) is 3. The number of amides is 1. The molecule has 0 unspecified atom stereocenters. The molecule has 1 aliphatic carbocycles. The Morgan fingerprint density at radius 3 is 1.89 bits per heavy atom. The fourth-order valence-electron chi connectivity index (χ4n) is 5.01. The number of rotatable bonds is 15. The normalized spacial score (nSPS) is 17.9. The maximum atomic E-state index is 13.1. The summed E-state index contributed by atoms with van der Waals surface area (Å²) in [4.78, 5) is 39.1. The van der Waals surface area contributed by atoms with Gasteiger partial charge in [0.05, 0.1) is 28.0 Å². The summed E-state index contributed by atoms with van der Waals surface area (Å²) in [5.74, 6) is -1.12. The van der Waals surface area contributed by atoms with Gasteiger partial charge in [-0.15, -0.1) is 0 Å². The van der Waals surface area contributed by atoms with E-state index < -0.39 is 5.78 Å². The predicted molar refractivity (Wildman–Crippen MR) is 143 cm³/mol. The van der Waals surface area contributed by atoms with Crippen LogP contribution in [0.2, 0.25) is 0 Å². The molecule has 3 rings (SSSR count). The molecule has 0 spiro atoms. The van der Waals surface area contributed by atoms with Crippen LogP contribution in [0.4, 0.5) is 0 Å². The smallest absolute Gasteiger partial charge is 0.276 e. The number of H-pyrrole nitrogens is 1. The largest absolute Gasteiger partial charge is 0.506 e. The Balaban J connectivity index is 1.70. The highest BCUT2D eigenvalue weighted by molar-refractivity contribution is 6.44. The lowest BCUT2D eigenvalue weighted by molar-refractivity contribution is -0.126. The molecule has 2 N–H and O–H groups in total. The number of aryl methyl sites for hydroxylation is 2. The van der Waals surface area contributed by atoms with Crippen molar-refractivity contribution in [1.82, 2.24) is 14.8 Å². The number of aromatic nitrogens is 2. The standard InChI is InChI=1S/C28H42N4O4/c1-5-7-9-11-13-15-17-31-27(35)21(19(3)29-31)23-25(33)24(26(23)34)22-20(4)30-32(28(22)36)18-16-14-12-10-8-6-2/h29,33H,5-18H2,1-4H3/b24-22-. The molecule has 1 amide bonds. The third kappa shape index (κ3) is 5.90. The lowest BCUT2D eigenvalue weighted by Crippen LogP contribution is -2.31. The summed E-state index contributed by atoms with van der Waals surface area (Å²) in [7, 11) is 0. The molecule has 0 fully saturated rings. The quantitative estimate of drug-likeness (QED) is 0.243. The van der Waals surface area contributed by atoms with Crippen LogP contribution in [0.5, 0.6) is 0 Å². The molecule has 0 bridgehead atoms. The molecule has 1 aromatic heterocycles. The number of hydrogen-bond acceptors (Lipinski definition) is 5. The Labute approximate surface area is 214 Å². The van der Waals surface area contributed by atoms with E-state index in [9.17, 15) is 19.5 Å². The average Bonchev–Trinajstić information content (AvgIpc) is 3.28. The molecule has 0 aromatic carbocycles. The number of hydrazone groups is 1. The molecule has 0 radical (unpaired) electrons. The fourth-order valence-corrected chi connectivity index (χ4v) is 5.01. The molecule has 2 aliphatic rings. The first-order valence-corrected chi connectivity index (χ1v) is 13.7. The average molecular weight is 499 g/mol. The Bertz CT molecular complexity index is 1120. The molecular formula is C28H42N4O4. The van der Waals surface area contributed by atoms with E-state index in [0.29, 0.717) is 24.5 Å². The van der Waals surface area contributed by atoms with Crippen LogP contribution in [-0.2, 0) is 16.1 Å². The van der Waals surface area contributed by atoms with Crippen LogP contribution in [0.1, 0.15) is 109 Å². The van der Waals surface area contributed by atoms with Crippen molar-refractivity contribution in [1.29, 1.82) is 0 Å². The second-order valence-electron chi connectivity index (χ2n) is 10.0. The molecule has 1 aliphatic heterocycles. The SMILES string of the molecule is CCCCCCCCN1N=C(C)/C(=C2/C(=O)C(c3c(C)[nH]n(CCCCCCCC)c3=O)=C2O)C1=O. The van der Waals surface area contributed by atoms with Gasteiger partial charge >= 0.3 is 0 Å². The zero-order valence-corrected chi connectivity index (χ0v) is 22.4. The summed E-state index contributed by atoms with van der Waals surface area (Å²) in [6, 6.07) is 0. The van der Waals surface area contributed by atoms with Crippen LogP contribution in [0, 0.1) is 6.92 Å². The Morgan fingerprint density at radius 1 is 0.750 bits per heavy atom. The van der Waals surface area contributed by atoms with Crippen LogP contribution >= 0.6 is 0 Å². The number of ketones is 1. The molecule has 8 nitrogen and oxygen atoms in total. The van der Waals surface area contributed by atoms with E-state index in [1.54, 1.807) is 13.8 Å². The maximum Gasteiger partial charge on any atom is 0.276 e. The van der Waals surface area contributed by atoms with Crippen molar-refractivity contribution in [2.24, 2.45) is 5.10 Å². The van der Waals surface area contributed by atoms with Crippen molar-refractivity contribution in [2.45, 2.75) is 111 Å². The van der Waals surface area contributed by atoms with Gasteiger partial charge in [-0.1, -0.05) is 78.1 Å². The molecule has 8 heteroatoms. The van der Waals surface area contributed by atoms with Crippen molar-refractivity contribution < 1.29 is 14.7 Å². The molecule has 0 atom stereocenters. The van der Waals surface area contributed by atoms with E-state index in [-0.39, 0.29) is 39.5 Å². The minimum Gasteiger partial charge on any atom is -0.506 e. The number of allylic oxidation sites excluding steroid dienone is 2. The second kappa shape index (κ2) is 12.9. The third-order valence-electron chi connectivity index (χ3n) is 7.10. The van der Waals surface area contributed by atoms with Crippen LogP contribution in [0.3, 0.4) is 0 Å². The summed E-state index contributed by atoms with van der Waals surface area (Å²) in [5.41, 5.74) is 0.957. The van der Waals surface area contributed by atoms with E-state index in [0.717, 1.165) is 38.5 Å². The maximum absolute atomic E-state index is 13.1. The molecule has 2 heterocycles. The number of aliphatic hydroxyl groups is 1. The molecule has 36 heavy (non-hydrogen) atoms. The van der Waals surface area contributed by atoms with Gasteiger partial charge in [0.2, 0.25) is 5.78 Å². The highest BCUT2D eigenvalue weighted by Crippen LogP contribution is 2.39. The monoisotopic (exact) mass is 498 g/mol. The van der Waals surface area contributed by atoms with E-state index in [1.807, 2.05) is 0 Å². The first kappa shape index (κ1) is 27.7. The second-order valence-corrected chi connectivity index (χ2v) is 10.0. The van der Waals surface area contributed by atoms with E-state index in [1.165, 1.54) is 48.2 Å². The molecule has 0 saturated heterocycles. The van der Waals surface area contributed by atoms with E-state index in [4.69, 9.17) is 0 Å². The minimum atomic E-state index is -0.474. The van der Waals surface area contributed by atoms with Gasteiger partial charge in [0, 0.05) is 18.8 Å². The van der Waals surface area contributed by atoms with Crippen LogP contribution in [0.15, 0.2) is 26.8 Å². The number of aromatic amines is 1. The van der Waals surface area contributed by atoms with Gasteiger partial charge in [-0.2, -0.15) is 5.10 Å². The number of hydrogen-bond donors (Lipinski definition) is 2. The van der Waals surface area contributed by atoms with E-state index in [2.05, 4.69) is 24.0 Å². The van der Waals surface area contributed by atoms with Crippen LogP contribution < -0.4 is 5.56 Å². The number of nitrogens with one attached hydrogen (secondary N) is 1. The van der Waals surface area contributed by atoms with Gasteiger partial charge < -0.3 is 5.11 Å². The van der Waals surface area contributed by atoms with Gasteiger partial charge in [0.15, 0.2) is 0 Å². The van der Waals surface area contributed by atoms with Gasteiger partial charge in [-0.3, -0.25) is 24.2 Å². The zero-order chi connectivity index (χ0) is 26.2. The van der Waals surface area contributed by atoms with Crippen LogP contribution in [0.25, 0.3) is 5.57 Å². The zero-order valence-electron chi connectivity index (χ0n) is 22.4. The van der Waals surface area contributed by atoms with Gasteiger partial charge in [-0.25, -0.2) is 5.01 Å². The lowest BCUT2D eigenvalue weighted by Gasteiger charge is -2.22. The molecule has 0 saturated carbocycles. The number of carbonyl (C=O) groups excluding carboxylic acids is 2. The molecular weight excluding hydrogens is 456 g/mol. The van der Waals surface area contributed by atoms with Crippen molar-refractivity contribution in [3.8, 4) is 0 Å². The van der Waals surface area contributed by atoms with Crippen molar-refractivity contribution >= 4 is 23.0 Å². The van der Waals surface area contributed by atoms with Gasteiger partial charge in [0.1, 0.15) is 5.76 Å². The number of Topliss-reactive ketones (excluding diaryl/α,β-unsaturated/α-hetero) is 1. The number of aliphatic hydroxyl groups excluding tert-OH is 1.